The maximum atomic E-state index is 12.2. The van der Waals surface area contributed by atoms with Crippen LogP contribution in [-0.2, 0) is 0 Å². The van der Waals surface area contributed by atoms with Crippen molar-refractivity contribution in [2.75, 3.05) is 0 Å². The highest BCUT2D eigenvalue weighted by Crippen LogP contribution is 2.25. The van der Waals surface area contributed by atoms with Crippen molar-refractivity contribution in [3.8, 4) is 0 Å². The summed E-state index contributed by atoms with van der Waals surface area (Å²) in [5.41, 5.74) is -0.529. The van der Waals surface area contributed by atoms with Gasteiger partial charge in [-0.3, -0.25) is 0 Å². The van der Waals surface area contributed by atoms with Gasteiger partial charge in [-0.25, -0.2) is 13.8 Å². The van der Waals surface area contributed by atoms with Crippen molar-refractivity contribution >= 4 is 11.6 Å². The summed E-state index contributed by atoms with van der Waals surface area (Å²) in [6.45, 7) is 0. The molecule has 60 valence electrons. The minimum atomic E-state index is -2.76. The van der Waals surface area contributed by atoms with Crippen LogP contribution in [0.25, 0.3) is 0 Å². The van der Waals surface area contributed by atoms with Gasteiger partial charge in [-0.2, -0.15) is 4.39 Å². The second-order valence-electron chi connectivity index (χ2n) is 1.83. The molecule has 0 aromatic carbocycles. The van der Waals surface area contributed by atoms with Crippen LogP contribution < -0.4 is 0 Å². The molecular formula is C6H3ClF3N. The highest BCUT2D eigenvalue weighted by Gasteiger charge is 2.12. The van der Waals surface area contributed by atoms with Crippen LogP contribution in [0.5, 0.6) is 0 Å². The largest absolute Gasteiger partial charge is 0.265 e. The van der Waals surface area contributed by atoms with Gasteiger partial charge in [-0.1, -0.05) is 11.6 Å². The van der Waals surface area contributed by atoms with Crippen molar-refractivity contribution in [2.45, 2.75) is 6.43 Å². The van der Waals surface area contributed by atoms with Crippen LogP contribution in [0, 0.1) is 5.95 Å². The van der Waals surface area contributed by atoms with Crippen LogP contribution in [0.4, 0.5) is 13.2 Å². The van der Waals surface area contributed by atoms with Gasteiger partial charge < -0.3 is 0 Å². The highest BCUT2D eigenvalue weighted by atomic mass is 35.5. The molecule has 0 aliphatic rings. The SMILES string of the molecule is Fc1cc(C(F)F)c(Cl)cn1. The van der Waals surface area contributed by atoms with Crippen molar-refractivity contribution in [3.05, 3.63) is 28.8 Å². The van der Waals surface area contributed by atoms with Gasteiger partial charge in [0.25, 0.3) is 6.43 Å². The van der Waals surface area contributed by atoms with Gasteiger partial charge in [-0.05, 0) is 0 Å². The van der Waals surface area contributed by atoms with E-state index in [0.29, 0.717) is 6.07 Å². The first-order chi connectivity index (χ1) is 5.11. The van der Waals surface area contributed by atoms with Gasteiger partial charge in [0.05, 0.1) is 5.02 Å². The standard InChI is InChI=1S/C6H3ClF3N/c7-4-2-11-5(8)1-3(4)6(9)10/h1-2,6H. The van der Waals surface area contributed by atoms with Crippen molar-refractivity contribution < 1.29 is 13.2 Å². The Kier molecular flexibility index (Phi) is 2.34. The lowest BCUT2D eigenvalue weighted by atomic mass is 10.3. The molecule has 0 unspecified atom stereocenters. The quantitative estimate of drug-likeness (QED) is 0.607. The molecule has 0 N–H and O–H groups in total. The first-order valence-corrected chi connectivity index (χ1v) is 3.08. The lowest BCUT2D eigenvalue weighted by Gasteiger charge is -2.00. The Morgan fingerprint density at radius 1 is 1.45 bits per heavy atom. The van der Waals surface area contributed by atoms with E-state index in [1.54, 1.807) is 0 Å². The smallest absolute Gasteiger partial charge is 0.227 e. The molecule has 0 saturated heterocycles. The summed E-state index contributed by atoms with van der Waals surface area (Å²) in [5, 5.41) is -0.221. The van der Waals surface area contributed by atoms with E-state index < -0.39 is 17.9 Å². The van der Waals surface area contributed by atoms with Crippen LogP contribution >= 0.6 is 11.6 Å². The lowest BCUT2D eigenvalue weighted by molar-refractivity contribution is 0.151. The first kappa shape index (κ1) is 8.33. The van der Waals surface area contributed by atoms with Crippen LogP contribution in [-0.4, -0.2) is 4.98 Å². The van der Waals surface area contributed by atoms with Gasteiger partial charge >= 0.3 is 0 Å². The van der Waals surface area contributed by atoms with E-state index >= 15 is 0 Å². The summed E-state index contributed by atoms with van der Waals surface area (Å²) < 4.78 is 36.1. The van der Waals surface area contributed by atoms with E-state index in [-0.39, 0.29) is 5.02 Å². The van der Waals surface area contributed by atoms with Crippen molar-refractivity contribution in [3.63, 3.8) is 0 Å². The number of alkyl halides is 2. The van der Waals surface area contributed by atoms with Crippen LogP contribution in [0.1, 0.15) is 12.0 Å². The van der Waals surface area contributed by atoms with E-state index in [9.17, 15) is 13.2 Å². The number of hydrogen-bond donors (Lipinski definition) is 0. The molecule has 0 aliphatic heterocycles. The molecule has 0 saturated carbocycles. The minimum Gasteiger partial charge on any atom is -0.227 e. The van der Waals surface area contributed by atoms with Crippen molar-refractivity contribution in [1.29, 1.82) is 0 Å². The second-order valence-corrected chi connectivity index (χ2v) is 2.24. The Morgan fingerprint density at radius 2 is 2.09 bits per heavy atom. The molecule has 0 aliphatic carbocycles. The monoisotopic (exact) mass is 181 g/mol. The summed E-state index contributed by atoms with van der Waals surface area (Å²) in [6.07, 6.45) is -1.90. The number of rotatable bonds is 1. The molecule has 11 heavy (non-hydrogen) atoms. The van der Waals surface area contributed by atoms with Gasteiger partial charge in [0.1, 0.15) is 0 Å². The summed E-state index contributed by atoms with van der Waals surface area (Å²) >= 11 is 5.28. The molecular weight excluding hydrogens is 179 g/mol. The fourth-order valence-corrected chi connectivity index (χ4v) is 0.780. The Morgan fingerprint density at radius 3 is 2.55 bits per heavy atom. The first-order valence-electron chi connectivity index (χ1n) is 2.70. The predicted octanol–water partition coefficient (Wildman–Crippen LogP) is 2.81. The van der Waals surface area contributed by atoms with E-state index in [4.69, 9.17) is 11.6 Å². The molecule has 1 aromatic heterocycles. The second kappa shape index (κ2) is 3.09. The molecule has 0 radical (unpaired) electrons. The van der Waals surface area contributed by atoms with E-state index in [2.05, 4.69) is 4.98 Å². The maximum absolute atomic E-state index is 12.2. The lowest BCUT2D eigenvalue weighted by Crippen LogP contribution is -1.90. The van der Waals surface area contributed by atoms with Crippen molar-refractivity contribution in [1.82, 2.24) is 4.98 Å². The van der Waals surface area contributed by atoms with E-state index in [0.717, 1.165) is 6.20 Å². The fourth-order valence-electron chi connectivity index (χ4n) is 0.595. The topological polar surface area (TPSA) is 12.9 Å². The number of pyridine rings is 1. The summed E-state index contributed by atoms with van der Waals surface area (Å²) in [4.78, 5) is 3.09. The minimum absolute atomic E-state index is 0.221. The molecule has 1 aromatic rings. The number of hydrogen-bond acceptors (Lipinski definition) is 1. The Balaban J connectivity index is 3.13. The molecule has 1 nitrogen and oxygen atoms in total. The van der Waals surface area contributed by atoms with Gasteiger partial charge in [0, 0.05) is 17.8 Å². The molecule has 5 heteroatoms. The Hall–Kier alpha value is -0.770. The van der Waals surface area contributed by atoms with Crippen LogP contribution in [0.2, 0.25) is 5.02 Å². The Bertz CT molecular complexity index is 264. The normalized spacial score (nSPS) is 10.6. The van der Waals surface area contributed by atoms with Gasteiger partial charge in [0.2, 0.25) is 5.95 Å². The zero-order valence-corrected chi connectivity index (χ0v) is 5.95. The van der Waals surface area contributed by atoms with E-state index in [1.807, 2.05) is 0 Å². The third kappa shape index (κ3) is 1.83. The Labute approximate surface area is 65.8 Å². The molecule has 0 bridgehead atoms. The molecule has 0 atom stereocenters. The molecule has 1 rings (SSSR count). The third-order valence-electron chi connectivity index (χ3n) is 1.09. The summed E-state index contributed by atoms with van der Waals surface area (Å²) in [7, 11) is 0. The number of nitrogens with zero attached hydrogens (tertiary/aromatic N) is 1. The predicted molar refractivity (Wildman–Crippen MR) is 34.2 cm³/mol. The molecule has 0 amide bonds. The molecule has 0 spiro atoms. The van der Waals surface area contributed by atoms with E-state index in [1.165, 1.54) is 0 Å². The number of aromatic nitrogens is 1. The average molecular weight is 182 g/mol. The van der Waals surface area contributed by atoms with Gasteiger partial charge in [-0.15, -0.1) is 0 Å². The third-order valence-corrected chi connectivity index (χ3v) is 1.40. The maximum Gasteiger partial charge on any atom is 0.265 e. The van der Waals surface area contributed by atoms with Gasteiger partial charge in [0.15, 0.2) is 0 Å². The zero-order chi connectivity index (χ0) is 8.43. The molecule has 0 fully saturated rings. The highest BCUT2D eigenvalue weighted by molar-refractivity contribution is 6.31. The van der Waals surface area contributed by atoms with Crippen LogP contribution in [0.3, 0.4) is 0 Å². The zero-order valence-electron chi connectivity index (χ0n) is 5.19. The fraction of sp³-hybridized carbons (Fsp3) is 0.167. The average Bonchev–Trinajstić information content (AvgIpc) is 1.94. The molecule has 1 heterocycles. The summed E-state index contributed by atoms with van der Waals surface area (Å²) in [6, 6.07) is 0.618. The number of halogens is 4. The van der Waals surface area contributed by atoms with Crippen molar-refractivity contribution in [2.24, 2.45) is 0 Å². The van der Waals surface area contributed by atoms with Crippen LogP contribution in [0.15, 0.2) is 12.3 Å². The summed E-state index contributed by atoms with van der Waals surface area (Å²) in [5.74, 6) is -0.954.